The van der Waals surface area contributed by atoms with Gasteiger partial charge in [0.15, 0.2) is 0 Å². The highest BCUT2D eigenvalue weighted by atomic mass is 16.5. The van der Waals surface area contributed by atoms with Gasteiger partial charge in [-0.1, -0.05) is 19.9 Å². The molecular formula is C19H27N3O2. The summed E-state index contributed by atoms with van der Waals surface area (Å²) in [6.07, 6.45) is 1.87. The largest absolute Gasteiger partial charge is 0.494 e. The van der Waals surface area contributed by atoms with E-state index >= 15 is 0 Å². The van der Waals surface area contributed by atoms with E-state index in [1.54, 1.807) is 0 Å². The number of hydrogen-bond donors (Lipinski definition) is 0. The van der Waals surface area contributed by atoms with Crippen molar-refractivity contribution in [3.8, 4) is 5.75 Å². The number of aromatic nitrogens is 2. The first-order valence-corrected chi connectivity index (χ1v) is 8.87. The molecule has 1 aliphatic heterocycles. The van der Waals surface area contributed by atoms with E-state index in [9.17, 15) is 0 Å². The molecule has 1 aromatic heterocycles. The van der Waals surface area contributed by atoms with Crippen LogP contribution in [0, 0.1) is 5.92 Å². The molecule has 1 aliphatic rings. The van der Waals surface area contributed by atoms with E-state index < -0.39 is 0 Å². The van der Waals surface area contributed by atoms with Crippen LogP contribution >= 0.6 is 0 Å². The SMILES string of the molecule is CCOc1ccc2c(c1)CN([C@@H](C)c1nnc(CC(C)C)o1)CC2. The Balaban J connectivity index is 1.71. The van der Waals surface area contributed by atoms with Crippen molar-refractivity contribution in [2.45, 2.75) is 53.1 Å². The highest BCUT2D eigenvalue weighted by Crippen LogP contribution is 2.29. The summed E-state index contributed by atoms with van der Waals surface area (Å²) in [5, 5.41) is 8.46. The second-order valence-corrected chi connectivity index (χ2v) is 6.89. The molecule has 0 bridgehead atoms. The fourth-order valence-electron chi connectivity index (χ4n) is 3.17. The van der Waals surface area contributed by atoms with Crippen molar-refractivity contribution in [3.05, 3.63) is 41.1 Å². The average Bonchev–Trinajstić information content (AvgIpc) is 3.01. The van der Waals surface area contributed by atoms with Crippen LogP contribution in [-0.4, -0.2) is 28.2 Å². The van der Waals surface area contributed by atoms with Crippen LogP contribution < -0.4 is 4.74 Å². The highest BCUT2D eigenvalue weighted by molar-refractivity contribution is 5.37. The third kappa shape index (κ3) is 3.78. The van der Waals surface area contributed by atoms with Crippen LogP contribution in [0.5, 0.6) is 5.75 Å². The van der Waals surface area contributed by atoms with Crippen LogP contribution in [0.1, 0.15) is 56.6 Å². The first-order valence-electron chi connectivity index (χ1n) is 8.87. The molecule has 130 valence electrons. The molecule has 0 saturated carbocycles. The number of fused-ring (bicyclic) bond motifs is 1. The molecule has 1 aromatic carbocycles. The number of rotatable bonds is 6. The molecule has 2 heterocycles. The van der Waals surface area contributed by atoms with Crippen LogP contribution in [0.25, 0.3) is 0 Å². The standard InChI is InChI=1S/C19H27N3O2/c1-5-23-17-7-6-15-8-9-22(12-16(15)11-17)14(4)19-21-20-18(24-19)10-13(2)3/h6-7,11,13-14H,5,8-10,12H2,1-4H3/t14-/m0/s1. The van der Waals surface area contributed by atoms with Gasteiger partial charge < -0.3 is 9.15 Å². The zero-order valence-corrected chi connectivity index (χ0v) is 15.1. The molecule has 1 atom stereocenters. The Morgan fingerprint density at radius 2 is 2.04 bits per heavy atom. The van der Waals surface area contributed by atoms with E-state index in [1.807, 2.05) is 6.92 Å². The van der Waals surface area contributed by atoms with Crippen molar-refractivity contribution in [1.29, 1.82) is 0 Å². The second kappa shape index (κ2) is 7.34. The van der Waals surface area contributed by atoms with Crippen molar-refractivity contribution in [3.63, 3.8) is 0 Å². The lowest BCUT2D eigenvalue weighted by molar-refractivity contribution is 0.164. The number of ether oxygens (including phenoxy) is 1. The Kier molecular flexibility index (Phi) is 5.19. The van der Waals surface area contributed by atoms with Crippen LogP contribution in [-0.2, 0) is 19.4 Å². The van der Waals surface area contributed by atoms with Gasteiger partial charge in [-0.15, -0.1) is 10.2 Å². The van der Waals surface area contributed by atoms with Gasteiger partial charge >= 0.3 is 0 Å². The first-order chi connectivity index (χ1) is 11.6. The summed E-state index contributed by atoms with van der Waals surface area (Å²) in [4.78, 5) is 2.39. The van der Waals surface area contributed by atoms with Crippen LogP contribution in [0.2, 0.25) is 0 Å². The summed E-state index contributed by atoms with van der Waals surface area (Å²) in [5.41, 5.74) is 2.74. The third-order valence-corrected chi connectivity index (χ3v) is 4.50. The molecule has 0 fully saturated rings. The summed E-state index contributed by atoms with van der Waals surface area (Å²) in [6.45, 7) is 11.1. The lowest BCUT2D eigenvalue weighted by Crippen LogP contribution is -2.33. The minimum absolute atomic E-state index is 0.127. The number of benzene rings is 1. The summed E-state index contributed by atoms with van der Waals surface area (Å²) < 4.78 is 11.5. The van der Waals surface area contributed by atoms with Gasteiger partial charge in [-0.25, -0.2) is 0 Å². The zero-order valence-electron chi connectivity index (χ0n) is 15.1. The molecule has 2 aromatic rings. The van der Waals surface area contributed by atoms with Crippen LogP contribution in [0.15, 0.2) is 22.6 Å². The van der Waals surface area contributed by atoms with Gasteiger partial charge in [-0.3, -0.25) is 4.90 Å². The van der Waals surface area contributed by atoms with Gasteiger partial charge in [0.05, 0.1) is 12.6 Å². The molecule has 3 rings (SSSR count). The fraction of sp³-hybridized carbons (Fsp3) is 0.579. The van der Waals surface area contributed by atoms with Gasteiger partial charge in [0, 0.05) is 19.5 Å². The Bertz CT molecular complexity index is 681. The van der Waals surface area contributed by atoms with Gasteiger partial charge in [0.1, 0.15) is 5.75 Å². The summed E-state index contributed by atoms with van der Waals surface area (Å²) in [7, 11) is 0. The lowest BCUT2D eigenvalue weighted by Gasteiger charge is -2.32. The van der Waals surface area contributed by atoms with E-state index in [0.717, 1.165) is 43.5 Å². The van der Waals surface area contributed by atoms with E-state index in [0.29, 0.717) is 12.5 Å². The first kappa shape index (κ1) is 17.0. The van der Waals surface area contributed by atoms with Crippen molar-refractivity contribution in [2.75, 3.05) is 13.2 Å². The monoisotopic (exact) mass is 329 g/mol. The predicted octanol–water partition coefficient (Wildman–Crippen LogP) is 3.79. The van der Waals surface area contributed by atoms with E-state index in [4.69, 9.17) is 9.15 Å². The molecular weight excluding hydrogens is 302 g/mol. The van der Waals surface area contributed by atoms with Crippen molar-refractivity contribution in [1.82, 2.24) is 15.1 Å². The predicted molar refractivity (Wildman–Crippen MR) is 93.0 cm³/mol. The maximum Gasteiger partial charge on any atom is 0.233 e. The number of nitrogens with zero attached hydrogens (tertiary/aromatic N) is 3. The molecule has 0 aliphatic carbocycles. The van der Waals surface area contributed by atoms with E-state index in [-0.39, 0.29) is 6.04 Å². The molecule has 24 heavy (non-hydrogen) atoms. The Morgan fingerprint density at radius 3 is 2.79 bits per heavy atom. The van der Waals surface area contributed by atoms with Crippen LogP contribution in [0.4, 0.5) is 0 Å². The lowest BCUT2D eigenvalue weighted by atomic mass is 9.98. The summed E-state index contributed by atoms with van der Waals surface area (Å²) >= 11 is 0. The maximum absolute atomic E-state index is 5.87. The average molecular weight is 329 g/mol. The molecule has 0 spiro atoms. The van der Waals surface area contributed by atoms with Crippen molar-refractivity contribution < 1.29 is 9.15 Å². The van der Waals surface area contributed by atoms with E-state index in [2.05, 4.69) is 54.1 Å². The Labute approximate surface area is 144 Å². The van der Waals surface area contributed by atoms with Gasteiger partial charge in [0.25, 0.3) is 0 Å². The Hall–Kier alpha value is -1.88. The summed E-state index contributed by atoms with van der Waals surface area (Å²) in [6, 6.07) is 6.55. The minimum Gasteiger partial charge on any atom is -0.494 e. The fourth-order valence-corrected chi connectivity index (χ4v) is 3.17. The smallest absolute Gasteiger partial charge is 0.233 e. The molecule has 0 unspecified atom stereocenters. The number of hydrogen-bond acceptors (Lipinski definition) is 5. The molecule has 5 heteroatoms. The quantitative estimate of drug-likeness (QED) is 0.807. The molecule has 0 amide bonds. The summed E-state index contributed by atoms with van der Waals surface area (Å²) in [5.74, 6) is 2.92. The zero-order chi connectivity index (χ0) is 17.1. The van der Waals surface area contributed by atoms with E-state index in [1.165, 1.54) is 11.1 Å². The minimum atomic E-state index is 0.127. The highest BCUT2D eigenvalue weighted by Gasteiger charge is 2.25. The van der Waals surface area contributed by atoms with Gasteiger partial charge in [-0.05, 0) is 49.4 Å². The van der Waals surface area contributed by atoms with Crippen molar-refractivity contribution >= 4 is 0 Å². The molecule has 0 saturated heterocycles. The molecule has 0 N–H and O–H groups in total. The normalized spacial score (nSPS) is 16.2. The van der Waals surface area contributed by atoms with Crippen LogP contribution in [0.3, 0.4) is 0 Å². The second-order valence-electron chi connectivity index (χ2n) is 6.89. The maximum atomic E-state index is 5.87. The Morgan fingerprint density at radius 1 is 1.21 bits per heavy atom. The third-order valence-electron chi connectivity index (χ3n) is 4.50. The van der Waals surface area contributed by atoms with Gasteiger partial charge in [0.2, 0.25) is 11.8 Å². The van der Waals surface area contributed by atoms with Crippen molar-refractivity contribution in [2.24, 2.45) is 5.92 Å². The molecule has 5 nitrogen and oxygen atoms in total. The molecule has 0 radical (unpaired) electrons. The van der Waals surface area contributed by atoms with Gasteiger partial charge in [-0.2, -0.15) is 0 Å². The topological polar surface area (TPSA) is 51.4 Å².